The number of carbonyl (C=O) groups is 2. The van der Waals surface area contributed by atoms with Crippen LogP contribution >= 0.6 is 0 Å². The molecule has 2 unspecified atom stereocenters. The summed E-state index contributed by atoms with van der Waals surface area (Å²) in [4.78, 5) is 22.3. The third kappa shape index (κ3) is 4.37. The molecule has 88 valence electrons. The van der Waals surface area contributed by atoms with Crippen LogP contribution in [-0.2, 0) is 14.3 Å². The smallest absolute Gasteiger partial charge is 0.332 e. The Kier molecular flexibility index (Phi) is 5.41. The number of nitrogens with two attached hydrogens (primary N) is 3. The lowest BCUT2D eigenvalue weighted by atomic mass is 9.94. The fraction of sp³-hybridized carbons (Fsp3) is 0.778. The summed E-state index contributed by atoms with van der Waals surface area (Å²) < 4.78 is 4.50. The van der Waals surface area contributed by atoms with Gasteiger partial charge in [0.2, 0.25) is 0 Å². The molecule has 0 aliphatic heterocycles. The lowest BCUT2D eigenvalue weighted by Crippen LogP contribution is -2.61. The summed E-state index contributed by atoms with van der Waals surface area (Å²) in [6.45, 7) is 3.37. The molecule has 0 bridgehead atoms. The predicted molar refractivity (Wildman–Crippen MR) is 55.6 cm³/mol. The van der Waals surface area contributed by atoms with E-state index in [1.54, 1.807) is 6.92 Å². The Morgan fingerprint density at radius 3 is 2.40 bits per heavy atom. The van der Waals surface area contributed by atoms with E-state index in [-0.39, 0.29) is 13.0 Å². The molecule has 0 aromatic heterocycles. The van der Waals surface area contributed by atoms with E-state index in [0.29, 0.717) is 6.42 Å². The second-order valence-electron chi connectivity index (χ2n) is 3.73. The van der Waals surface area contributed by atoms with Gasteiger partial charge in [-0.2, -0.15) is 0 Å². The van der Waals surface area contributed by atoms with E-state index in [1.165, 1.54) is 6.92 Å². The van der Waals surface area contributed by atoms with Crippen LogP contribution in [0.25, 0.3) is 0 Å². The van der Waals surface area contributed by atoms with Crippen LogP contribution in [0.4, 0.5) is 0 Å². The maximum atomic E-state index is 11.3. The van der Waals surface area contributed by atoms with Gasteiger partial charge in [-0.3, -0.25) is 4.79 Å². The van der Waals surface area contributed by atoms with Gasteiger partial charge in [0.25, 0.3) is 0 Å². The van der Waals surface area contributed by atoms with E-state index < -0.39 is 23.5 Å². The van der Waals surface area contributed by atoms with Crippen molar-refractivity contribution >= 4 is 11.9 Å². The molecule has 2 atom stereocenters. The highest BCUT2D eigenvalue weighted by Crippen LogP contribution is 2.05. The topological polar surface area (TPSA) is 121 Å². The Balaban J connectivity index is 4.28. The van der Waals surface area contributed by atoms with Crippen molar-refractivity contribution in [2.45, 2.75) is 38.3 Å². The zero-order chi connectivity index (χ0) is 12.1. The number of ether oxygens (including phenoxy) is 1. The fourth-order valence-electron chi connectivity index (χ4n) is 0.827. The summed E-state index contributed by atoms with van der Waals surface area (Å²) in [6.07, 6.45) is 0.792. The summed E-state index contributed by atoms with van der Waals surface area (Å²) >= 11 is 0. The molecule has 0 aromatic carbocycles. The average molecular weight is 217 g/mol. The lowest BCUT2D eigenvalue weighted by molar-refractivity contribution is -0.161. The second kappa shape index (κ2) is 5.79. The van der Waals surface area contributed by atoms with Crippen molar-refractivity contribution in [3.8, 4) is 0 Å². The summed E-state index contributed by atoms with van der Waals surface area (Å²) in [5.74, 6) is -1.42. The Morgan fingerprint density at radius 1 is 1.47 bits per heavy atom. The molecule has 0 heterocycles. The Labute approximate surface area is 89.1 Å². The molecular formula is C9H19N3O3. The molecule has 0 fully saturated rings. The molecule has 6 nitrogen and oxygen atoms in total. The number of esters is 2. The van der Waals surface area contributed by atoms with Gasteiger partial charge in [0.1, 0.15) is 6.04 Å². The lowest BCUT2D eigenvalue weighted by Gasteiger charge is -2.27. The van der Waals surface area contributed by atoms with Gasteiger partial charge in [-0.05, 0) is 13.3 Å². The first-order valence-corrected chi connectivity index (χ1v) is 4.84. The molecule has 6 N–H and O–H groups in total. The van der Waals surface area contributed by atoms with E-state index in [9.17, 15) is 9.59 Å². The minimum absolute atomic E-state index is 0.0330. The minimum Gasteiger partial charge on any atom is -0.392 e. The van der Waals surface area contributed by atoms with Gasteiger partial charge in [0.15, 0.2) is 0 Å². The van der Waals surface area contributed by atoms with E-state index in [0.717, 1.165) is 0 Å². The molecule has 6 heteroatoms. The van der Waals surface area contributed by atoms with Gasteiger partial charge in [0.05, 0.1) is 5.54 Å². The first kappa shape index (κ1) is 14.0. The zero-order valence-electron chi connectivity index (χ0n) is 9.16. The largest absolute Gasteiger partial charge is 0.392 e. The van der Waals surface area contributed by atoms with Gasteiger partial charge in [-0.15, -0.1) is 0 Å². The normalized spacial score (nSPS) is 16.6. The van der Waals surface area contributed by atoms with Crippen molar-refractivity contribution in [1.82, 2.24) is 0 Å². The molecule has 0 rings (SSSR count). The molecule has 0 spiro atoms. The van der Waals surface area contributed by atoms with Crippen molar-refractivity contribution < 1.29 is 14.3 Å². The fourth-order valence-corrected chi connectivity index (χ4v) is 0.827. The SMILES string of the molecule is CCCC(=O)OC(=O)C(N)C(C)(N)CN. The van der Waals surface area contributed by atoms with Gasteiger partial charge < -0.3 is 21.9 Å². The molecule has 0 saturated heterocycles. The predicted octanol–water partition coefficient (Wildman–Crippen LogP) is -1.14. The standard InChI is InChI=1S/C9H19N3O3/c1-3-4-6(13)15-8(14)7(11)9(2,12)5-10/h7H,3-5,10-12H2,1-2H3. The molecule has 0 radical (unpaired) electrons. The molecule has 0 saturated carbocycles. The van der Waals surface area contributed by atoms with Crippen LogP contribution in [0.5, 0.6) is 0 Å². The average Bonchev–Trinajstić information content (AvgIpc) is 2.16. The number of carbonyl (C=O) groups excluding carboxylic acids is 2. The van der Waals surface area contributed by atoms with Crippen LogP contribution in [0, 0.1) is 0 Å². The van der Waals surface area contributed by atoms with Crippen LogP contribution in [0.3, 0.4) is 0 Å². The molecular weight excluding hydrogens is 198 g/mol. The van der Waals surface area contributed by atoms with Gasteiger partial charge in [0, 0.05) is 13.0 Å². The van der Waals surface area contributed by atoms with Crippen LogP contribution in [-0.4, -0.2) is 30.1 Å². The molecule has 15 heavy (non-hydrogen) atoms. The maximum absolute atomic E-state index is 11.3. The van der Waals surface area contributed by atoms with Crippen LogP contribution in [0.15, 0.2) is 0 Å². The summed E-state index contributed by atoms with van der Waals surface area (Å²) in [6, 6.07) is -1.09. The first-order chi connectivity index (χ1) is 6.85. The highest BCUT2D eigenvalue weighted by Gasteiger charge is 2.33. The number of hydrogen-bond acceptors (Lipinski definition) is 6. The van der Waals surface area contributed by atoms with Crippen molar-refractivity contribution in [2.75, 3.05) is 6.54 Å². The van der Waals surface area contributed by atoms with Crippen LogP contribution in [0.2, 0.25) is 0 Å². The second-order valence-corrected chi connectivity index (χ2v) is 3.73. The minimum atomic E-state index is -1.09. The van der Waals surface area contributed by atoms with E-state index in [1.807, 2.05) is 0 Å². The van der Waals surface area contributed by atoms with Crippen molar-refractivity contribution in [3.05, 3.63) is 0 Å². The van der Waals surface area contributed by atoms with Gasteiger partial charge in [-0.25, -0.2) is 4.79 Å². The van der Waals surface area contributed by atoms with Crippen molar-refractivity contribution in [2.24, 2.45) is 17.2 Å². The zero-order valence-corrected chi connectivity index (χ0v) is 9.16. The van der Waals surface area contributed by atoms with Crippen LogP contribution in [0.1, 0.15) is 26.7 Å². The highest BCUT2D eigenvalue weighted by atomic mass is 16.6. The van der Waals surface area contributed by atoms with Gasteiger partial charge in [-0.1, -0.05) is 6.92 Å². The van der Waals surface area contributed by atoms with E-state index >= 15 is 0 Å². The monoisotopic (exact) mass is 217 g/mol. The highest BCUT2D eigenvalue weighted by molar-refractivity contribution is 5.89. The van der Waals surface area contributed by atoms with Crippen molar-refractivity contribution in [1.29, 1.82) is 0 Å². The third-order valence-corrected chi connectivity index (χ3v) is 2.07. The molecule has 0 amide bonds. The van der Waals surface area contributed by atoms with Gasteiger partial charge >= 0.3 is 11.9 Å². The first-order valence-electron chi connectivity index (χ1n) is 4.84. The summed E-state index contributed by atoms with van der Waals surface area (Å²) in [7, 11) is 0. The quantitative estimate of drug-likeness (QED) is 0.395. The van der Waals surface area contributed by atoms with E-state index in [4.69, 9.17) is 17.2 Å². The van der Waals surface area contributed by atoms with Crippen LogP contribution < -0.4 is 17.2 Å². The number of rotatable bonds is 5. The van der Waals surface area contributed by atoms with Crippen molar-refractivity contribution in [3.63, 3.8) is 0 Å². The molecule has 0 aliphatic rings. The molecule has 0 aliphatic carbocycles. The Hall–Kier alpha value is -0.980. The number of hydrogen-bond donors (Lipinski definition) is 3. The Morgan fingerprint density at radius 2 is 2.00 bits per heavy atom. The van der Waals surface area contributed by atoms with E-state index in [2.05, 4.69) is 4.74 Å². The Bertz CT molecular complexity index is 241. The summed E-state index contributed by atoms with van der Waals surface area (Å²) in [5.41, 5.74) is 15.4. The third-order valence-electron chi connectivity index (χ3n) is 2.07. The maximum Gasteiger partial charge on any atom is 0.332 e. The molecule has 0 aromatic rings. The summed E-state index contributed by atoms with van der Waals surface area (Å²) in [5, 5.41) is 0.